The van der Waals surface area contributed by atoms with Gasteiger partial charge in [0, 0.05) is 25.4 Å². The van der Waals surface area contributed by atoms with Crippen molar-refractivity contribution in [2.45, 2.75) is 25.8 Å². The van der Waals surface area contributed by atoms with Gasteiger partial charge in [-0.05, 0) is 19.4 Å². The fourth-order valence-electron chi connectivity index (χ4n) is 2.10. The third-order valence-corrected chi connectivity index (χ3v) is 6.89. The molecule has 6 nitrogen and oxygen atoms in total. The van der Waals surface area contributed by atoms with Gasteiger partial charge in [-0.2, -0.15) is 4.31 Å². The van der Waals surface area contributed by atoms with Crippen molar-refractivity contribution >= 4 is 19.9 Å². The number of hydrogen-bond acceptors (Lipinski definition) is 5. The Morgan fingerprint density at radius 2 is 1.94 bits per heavy atom. The number of hydrogen-bond donors (Lipinski definition) is 1. The minimum absolute atomic E-state index is 0.125. The van der Waals surface area contributed by atoms with E-state index in [0.29, 0.717) is 13.1 Å². The van der Waals surface area contributed by atoms with Gasteiger partial charge in [0.25, 0.3) is 0 Å². The Labute approximate surface area is 103 Å². The molecule has 0 spiro atoms. The molecule has 102 valence electrons. The van der Waals surface area contributed by atoms with Crippen molar-refractivity contribution in [1.82, 2.24) is 9.62 Å². The first-order valence-electron chi connectivity index (χ1n) is 5.64. The topological polar surface area (TPSA) is 83.6 Å². The van der Waals surface area contributed by atoms with Crippen LogP contribution in [0.4, 0.5) is 0 Å². The first-order chi connectivity index (χ1) is 7.76. The molecular weight excluding hydrogens is 264 g/mol. The Morgan fingerprint density at radius 3 is 2.35 bits per heavy atom. The van der Waals surface area contributed by atoms with Gasteiger partial charge in [-0.25, -0.2) is 16.8 Å². The molecular formula is C9H20N2O4S2. The maximum absolute atomic E-state index is 12.0. The molecule has 0 radical (unpaired) electrons. The van der Waals surface area contributed by atoms with Gasteiger partial charge in [0.05, 0.1) is 0 Å². The number of nitrogens with zero attached hydrogens (tertiary/aromatic N) is 1. The average Bonchev–Trinajstić information content (AvgIpc) is 2.15. The third-order valence-electron chi connectivity index (χ3n) is 2.71. The maximum Gasteiger partial charge on any atom is 0.228 e. The Bertz CT molecular complexity index is 438. The first-order valence-corrected chi connectivity index (χ1v) is 9.31. The van der Waals surface area contributed by atoms with Crippen LogP contribution in [0.1, 0.15) is 19.8 Å². The third kappa shape index (κ3) is 4.53. The molecule has 1 saturated heterocycles. The van der Waals surface area contributed by atoms with Crippen LogP contribution in [0, 0.1) is 0 Å². The van der Waals surface area contributed by atoms with Crippen LogP contribution in [0.5, 0.6) is 0 Å². The number of likely N-dealkylation sites (N-methyl/N-ethyl adjacent to an activating group) is 1. The van der Waals surface area contributed by atoms with E-state index in [1.165, 1.54) is 4.31 Å². The summed E-state index contributed by atoms with van der Waals surface area (Å²) in [6.07, 6.45) is 2.64. The van der Waals surface area contributed by atoms with E-state index in [9.17, 15) is 16.8 Å². The van der Waals surface area contributed by atoms with Gasteiger partial charge in [-0.15, -0.1) is 0 Å². The summed E-state index contributed by atoms with van der Waals surface area (Å²) < 4.78 is 47.6. The molecule has 8 heteroatoms. The molecule has 1 fully saturated rings. The molecule has 0 amide bonds. The lowest BCUT2D eigenvalue weighted by atomic mass is 10.1. The normalized spacial score (nSPS) is 22.9. The molecule has 1 aliphatic heterocycles. The van der Waals surface area contributed by atoms with Gasteiger partial charge in [-0.1, -0.05) is 6.92 Å². The van der Waals surface area contributed by atoms with Gasteiger partial charge in [0.2, 0.25) is 10.0 Å². The molecule has 1 atom stereocenters. The van der Waals surface area contributed by atoms with Gasteiger partial charge in [0.15, 0.2) is 14.9 Å². The Balaban J connectivity index is 2.85. The number of sulfonamides is 1. The van der Waals surface area contributed by atoms with Crippen molar-refractivity contribution in [1.29, 1.82) is 0 Å². The van der Waals surface area contributed by atoms with Gasteiger partial charge in [0.1, 0.15) is 0 Å². The van der Waals surface area contributed by atoms with Crippen LogP contribution >= 0.6 is 0 Å². The summed E-state index contributed by atoms with van der Waals surface area (Å²) in [6, 6.07) is -0.125. The fourth-order valence-corrected chi connectivity index (χ4v) is 5.83. The van der Waals surface area contributed by atoms with E-state index in [4.69, 9.17) is 0 Å². The zero-order valence-electron chi connectivity index (χ0n) is 10.2. The van der Waals surface area contributed by atoms with Crippen molar-refractivity contribution in [3.63, 3.8) is 0 Å². The van der Waals surface area contributed by atoms with E-state index in [2.05, 4.69) is 5.32 Å². The minimum atomic E-state index is -3.72. The predicted molar refractivity (Wildman–Crippen MR) is 66.9 cm³/mol. The van der Waals surface area contributed by atoms with Gasteiger partial charge in [-0.3, -0.25) is 0 Å². The monoisotopic (exact) mass is 284 g/mol. The number of sulfone groups is 1. The zero-order valence-corrected chi connectivity index (χ0v) is 11.8. The van der Waals surface area contributed by atoms with E-state index in [1.54, 1.807) is 6.92 Å². The molecule has 1 heterocycles. The standard InChI is InChI=1S/C9H20N2O4S2/c1-3-11(9-5-4-6-10-7-9)17(14,15)8-16(2,12)13/h9-10H,3-8H2,1-2H3. The summed E-state index contributed by atoms with van der Waals surface area (Å²) in [6.45, 7) is 3.52. The smallest absolute Gasteiger partial charge is 0.228 e. The molecule has 1 aliphatic rings. The second-order valence-electron chi connectivity index (χ2n) is 4.36. The van der Waals surface area contributed by atoms with Crippen molar-refractivity contribution in [2.24, 2.45) is 0 Å². The molecule has 1 rings (SSSR count). The van der Waals surface area contributed by atoms with E-state index >= 15 is 0 Å². The largest absolute Gasteiger partial charge is 0.315 e. The quantitative estimate of drug-likeness (QED) is 0.728. The van der Waals surface area contributed by atoms with Gasteiger partial charge < -0.3 is 5.32 Å². The Hall–Kier alpha value is -0.180. The van der Waals surface area contributed by atoms with E-state index in [-0.39, 0.29) is 6.04 Å². The average molecular weight is 284 g/mol. The van der Waals surface area contributed by atoms with Crippen molar-refractivity contribution < 1.29 is 16.8 Å². The van der Waals surface area contributed by atoms with Crippen LogP contribution in [-0.2, 0) is 19.9 Å². The number of rotatable bonds is 5. The lowest BCUT2D eigenvalue weighted by molar-refractivity contribution is 0.275. The van der Waals surface area contributed by atoms with Crippen LogP contribution in [0.3, 0.4) is 0 Å². The summed E-state index contributed by atoms with van der Waals surface area (Å²) in [4.78, 5) is 0. The summed E-state index contributed by atoms with van der Waals surface area (Å²) in [5.41, 5.74) is 0. The highest BCUT2D eigenvalue weighted by molar-refractivity contribution is 8.06. The van der Waals surface area contributed by atoms with E-state index in [0.717, 1.165) is 25.6 Å². The van der Waals surface area contributed by atoms with Crippen molar-refractivity contribution in [3.8, 4) is 0 Å². The van der Waals surface area contributed by atoms with Crippen LogP contribution in [-0.4, -0.2) is 58.2 Å². The van der Waals surface area contributed by atoms with Gasteiger partial charge >= 0.3 is 0 Å². The van der Waals surface area contributed by atoms with Crippen molar-refractivity contribution in [2.75, 3.05) is 31.0 Å². The minimum Gasteiger partial charge on any atom is -0.315 e. The lowest BCUT2D eigenvalue weighted by Crippen LogP contribution is -2.49. The molecule has 0 saturated carbocycles. The second kappa shape index (κ2) is 5.64. The lowest BCUT2D eigenvalue weighted by Gasteiger charge is -2.32. The van der Waals surface area contributed by atoms with Crippen LogP contribution in [0.2, 0.25) is 0 Å². The summed E-state index contributed by atoms with van der Waals surface area (Å²) in [7, 11) is -7.25. The molecule has 0 aromatic rings. The highest BCUT2D eigenvalue weighted by atomic mass is 32.3. The van der Waals surface area contributed by atoms with E-state index < -0.39 is 24.9 Å². The maximum atomic E-state index is 12.0. The van der Waals surface area contributed by atoms with Crippen LogP contribution in [0.25, 0.3) is 0 Å². The first kappa shape index (κ1) is 14.9. The highest BCUT2D eigenvalue weighted by Gasteiger charge is 2.32. The highest BCUT2D eigenvalue weighted by Crippen LogP contribution is 2.15. The number of nitrogens with one attached hydrogen (secondary N) is 1. The predicted octanol–water partition coefficient (Wildman–Crippen LogP) is -0.608. The summed E-state index contributed by atoms with van der Waals surface area (Å²) in [5.74, 6) is 0. The SMILES string of the molecule is CCN(C1CCCNC1)S(=O)(=O)CS(C)(=O)=O. The van der Waals surface area contributed by atoms with Crippen LogP contribution < -0.4 is 5.32 Å². The molecule has 0 aromatic heterocycles. The molecule has 0 bridgehead atoms. The fraction of sp³-hybridized carbons (Fsp3) is 1.00. The Morgan fingerprint density at radius 1 is 1.29 bits per heavy atom. The molecule has 0 aromatic carbocycles. The van der Waals surface area contributed by atoms with Crippen molar-refractivity contribution in [3.05, 3.63) is 0 Å². The molecule has 0 aliphatic carbocycles. The molecule has 17 heavy (non-hydrogen) atoms. The number of piperidine rings is 1. The van der Waals surface area contributed by atoms with E-state index in [1.807, 2.05) is 0 Å². The summed E-state index contributed by atoms with van der Waals surface area (Å²) >= 11 is 0. The Kier molecular flexibility index (Phi) is 4.94. The zero-order chi connectivity index (χ0) is 13.1. The second-order valence-corrected chi connectivity index (χ2v) is 8.79. The molecule has 1 N–H and O–H groups in total. The summed E-state index contributed by atoms with van der Waals surface area (Å²) in [5, 5.41) is 2.33. The van der Waals surface area contributed by atoms with Crippen LogP contribution in [0.15, 0.2) is 0 Å². The molecule has 1 unspecified atom stereocenters.